The first kappa shape index (κ1) is 9.16. The Morgan fingerprint density at radius 2 is 1.83 bits per heavy atom. The first-order valence-electron chi connectivity index (χ1n) is 4.05. The molecule has 0 aromatic heterocycles. The Hall–Kier alpha value is -0.930. The number of nitrogens with zero attached hydrogens (tertiary/aromatic N) is 1. The van der Waals surface area contributed by atoms with Crippen molar-refractivity contribution in [1.82, 2.24) is 4.90 Å². The summed E-state index contributed by atoms with van der Waals surface area (Å²) in [6.07, 6.45) is -0.0843. The molecule has 1 heterocycles. The van der Waals surface area contributed by atoms with Gasteiger partial charge in [0.2, 0.25) is 5.78 Å². The van der Waals surface area contributed by atoms with Gasteiger partial charge in [-0.05, 0) is 12.8 Å². The number of carbonyl (C=O) groups is 2. The van der Waals surface area contributed by atoms with Crippen LogP contribution in [0.2, 0.25) is 0 Å². The van der Waals surface area contributed by atoms with E-state index in [1.165, 1.54) is 11.8 Å². The number of Topliss-reactive ketones (excluding diaryl/α,β-unsaturated/α-hetero) is 1. The molecule has 1 aliphatic heterocycles. The molecule has 1 fully saturated rings. The predicted molar refractivity (Wildman–Crippen MR) is 41.4 cm³/mol. The second-order valence-corrected chi connectivity index (χ2v) is 3.02. The normalized spacial score (nSPS) is 19.3. The first-order valence-corrected chi connectivity index (χ1v) is 4.05. The smallest absolute Gasteiger partial charge is 0.289 e. The molecule has 1 rings (SSSR count). The van der Waals surface area contributed by atoms with Crippen molar-refractivity contribution in [3.63, 3.8) is 0 Å². The van der Waals surface area contributed by atoms with Crippen molar-refractivity contribution in [2.75, 3.05) is 13.1 Å². The molecule has 0 aliphatic carbocycles. The summed E-state index contributed by atoms with van der Waals surface area (Å²) in [5, 5.41) is 0. The van der Waals surface area contributed by atoms with E-state index in [0.29, 0.717) is 25.9 Å². The van der Waals surface area contributed by atoms with Gasteiger partial charge in [0.15, 0.2) is 0 Å². The van der Waals surface area contributed by atoms with Gasteiger partial charge in [-0.2, -0.15) is 0 Å². The molecule has 0 aromatic carbocycles. The molecule has 0 saturated carbocycles. The summed E-state index contributed by atoms with van der Waals surface area (Å²) in [5.41, 5.74) is 0. The fourth-order valence-corrected chi connectivity index (χ4v) is 1.27. The minimum Gasteiger partial charge on any atom is -0.336 e. The van der Waals surface area contributed by atoms with Crippen LogP contribution in [-0.4, -0.2) is 35.9 Å². The molecule has 0 spiro atoms. The van der Waals surface area contributed by atoms with Gasteiger partial charge >= 0.3 is 0 Å². The van der Waals surface area contributed by atoms with Crippen molar-refractivity contribution in [1.29, 1.82) is 0 Å². The molecule has 4 heteroatoms. The van der Waals surface area contributed by atoms with E-state index in [4.69, 9.17) is 0 Å². The fourth-order valence-electron chi connectivity index (χ4n) is 1.27. The maximum Gasteiger partial charge on any atom is 0.289 e. The number of piperidine rings is 1. The molecule has 1 aliphatic rings. The summed E-state index contributed by atoms with van der Waals surface area (Å²) in [6, 6.07) is 0. The highest BCUT2D eigenvalue weighted by Gasteiger charge is 2.24. The topological polar surface area (TPSA) is 37.4 Å². The highest BCUT2D eigenvalue weighted by molar-refractivity contribution is 6.35. The number of hydrogen-bond acceptors (Lipinski definition) is 2. The zero-order valence-corrected chi connectivity index (χ0v) is 7.05. The average Bonchev–Trinajstić information content (AvgIpc) is 2.04. The molecule has 0 aromatic rings. The van der Waals surface area contributed by atoms with Crippen LogP contribution in [0.25, 0.3) is 0 Å². The molecule has 1 saturated heterocycles. The Balaban J connectivity index is 2.44. The van der Waals surface area contributed by atoms with Gasteiger partial charge in [-0.15, -0.1) is 0 Å². The van der Waals surface area contributed by atoms with Gasteiger partial charge in [0.1, 0.15) is 6.17 Å². The SMILES string of the molecule is CC(=O)C(=O)N1CCC(F)CC1. The number of likely N-dealkylation sites (tertiary alicyclic amines) is 1. The lowest BCUT2D eigenvalue weighted by Crippen LogP contribution is -2.41. The number of rotatable bonds is 1. The van der Waals surface area contributed by atoms with E-state index in [2.05, 4.69) is 0 Å². The molecule has 3 nitrogen and oxygen atoms in total. The Labute approximate surface area is 70.5 Å². The van der Waals surface area contributed by atoms with E-state index >= 15 is 0 Å². The molecule has 0 atom stereocenters. The number of halogens is 1. The van der Waals surface area contributed by atoms with Crippen molar-refractivity contribution in [3.8, 4) is 0 Å². The molecular formula is C8H12FNO2. The molecule has 12 heavy (non-hydrogen) atoms. The second kappa shape index (κ2) is 3.65. The van der Waals surface area contributed by atoms with Crippen molar-refractivity contribution >= 4 is 11.7 Å². The van der Waals surface area contributed by atoms with Crippen LogP contribution in [0.3, 0.4) is 0 Å². The summed E-state index contributed by atoms with van der Waals surface area (Å²) >= 11 is 0. The summed E-state index contributed by atoms with van der Waals surface area (Å²) in [6.45, 7) is 1.99. The largest absolute Gasteiger partial charge is 0.336 e. The van der Waals surface area contributed by atoms with Crippen LogP contribution in [0.15, 0.2) is 0 Å². The minimum absolute atomic E-state index is 0.360. The summed E-state index contributed by atoms with van der Waals surface area (Å²) in [7, 11) is 0. The quantitative estimate of drug-likeness (QED) is 0.542. The molecule has 0 unspecified atom stereocenters. The summed E-state index contributed by atoms with van der Waals surface area (Å²) < 4.78 is 12.6. The van der Waals surface area contributed by atoms with Crippen LogP contribution in [0.4, 0.5) is 4.39 Å². The fraction of sp³-hybridized carbons (Fsp3) is 0.750. The zero-order valence-electron chi connectivity index (χ0n) is 7.05. The molecular weight excluding hydrogens is 161 g/mol. The highest BCUT2D eigenvalue weighted by Crippen LogP contribution is 2.13. The van der Waals surface area contributed by atoms with Gasteiger partial charge in [0, 0.05) is 20.0 Å². The highest BCUT2D eigenvalue weighted by atomic mass is 19.1. The van der Waals surface area contributed by atoms with Gasteiger partial charge in [0.05, 0.1) is 0 Å². The van der Waals surface area contributed by atoms with Gasteiger partial charge in [-0.3, -0.25) is 9.59 Å². The Morgan fingerprint density at radius 1 is 1.33 bits per heavy atom. The van der Waals surface area contributed by atoms with E-state index in [-0.39, 0.29) is 0 Å². The van der Waals surface area contributed by atoms with E-state index in [1.54, 1.807) is 0 Å². The lowest BCUT2D eigenvalue weighted by molar-refractivity contribution is -0.144. The van der Waals surface area contributed by atoms with Gasteiger partial charge in [0.25, 0.3) is 5.91 Å². The monoisotopic (exact) mass is 173 g/mol. The molecule has 0 N–H and O–H groups in total. The third kappa shape index (κ3) is 2.03. The van der Waals surface area contributed by atoms with Crippen molar-refractivity contribution in [2.24, 2.45) is 0 Å². The third-order valence-electron chi connectivity index (χ3n) is 2.01. The standard InChI is InChI=1S/C8H12FNO2/c1-6(11)8(12)10-4-2-7(9)3-5-10/h7H,2-5H2,1H3. The van der Waals surface area contributed by atoms with Crippen molar-refractivity contribution in [2.45, 2.75) is 25.9 Å². The van der Waals surface area contributed by atoms with E-state index in [9.17, 15) is 14.0 Å². The molecule has 0 radical (unpaired) electrons. The lowest BCUT2D eigenvalue weighted by Gasteiger charge is -2.27. The maximum atomic E-state index is 12.6. The van der Waals surface area contributed by atoms with Crippen molar-refractivity contribution < 1.29 is 14.0 Å². The Bertz CT molecular complexity index is 197. The summed E-state index contributed by atoms with van der Waals surface area (Å²) in [4.78, 5) is 23.1. The number of amides is 1. The Morgan fingerprint density at radius 3 is 2.25 bits per heavy atom. The van der Waals surface area contributed by atoms with Crippen LogP contribution < -0.4 is 0 Å². The molecule has 68 valence electrons. The average molecular weight is 173 g/mol. The van der Waals surface area contributed by atoms with Crippen LogP contribution in [0.5, 0.6) is 0 Å². The number of ketones is 1. The first-order chi connectivity index (χ1) is 5.61. The second-order valence-electron chi connectivity index (χ2n) is 3.02. The third-order valence-corrected chi connectivity index (χ3v) is 2.01. The van der Waals surface area contributed by atoms with Gasteiger partial charge in [-0.25, -0.2) is 4.39 Å². The number of carbonyl (C=O) groups excluding carboxylic acids is 2. The zero-order chi connectivity index (χ0) is 9.14. The van der Waals surface area contributed by atoms with Crippen LogP contribution in [-0.2, 0) is 9.59 Å². The Kier molecular flexibility index (Phi) is 2.78. The minimum atomic E-state index is -0.805. The van der Waals surface area contributed by atoms with E-state index in [0.717, 1.165) is 0 Å². The van der Waals surface area contributed by atoms with Crippen LogP contribution in [0, 0.1) is 0 Å². The van der Waals surface area contributed by atoms with Gasteiger partial charge < -0.3 is 4.90 Å². The summed E-state index contributed by atoms with van der Waals surface area (Å²) in [5.74, 6) is -0.950. The van der Waals surface area contributed by atoms with Crippen molar-refractivity contribution in [3.05, 3.63) is 0 Å². The van der Waals surface area contributed by atoms with Gasteiger partial charge in [-0.1, -0.05) is 0 Å². The number of alkyl halides is 1. The molecule has 0 bridgehead atoms. The lowest BCUT2D eigenvalue weighted by atomic mass is 10.1. The van der Waals surface area contributed by atoms with E-state index < -0.39 is 17.9 Å². The van der Waals surface area contributed by atoms with Crippen LogP contribution in [0.1, 0.15) is 19.8 Å². The van der Waals surface area contributed by atoms with E-state index in [1.807, 2.05) is 0 Å². The maximum absolute atomic E-state index is 12.6. The number of hydrogen-bond donors (Lipinski definition) is 0. The predicted octanol–water partition coefficient (Wildman–Crippen LogP) is 0.536. The molecule has 1 amide bonds. The van der Waals surface area contributed by atoms with Crippen LogP contribution >= 0.6 is 0 Å².